The van der Waals surface area contributed by atoms with Crippen molar-refractivity contribution >= 4 is 11.8 Å². The summed E-state index contributed by atoms with van der Waals surface area (Å²) in [6.07, 6.45) is 11.8. The monoisotopic (exact) mass is 420 g/mol. The van der Waals surface area contributed by atoms with E-state index in [0.717, 1.165) is 55.5 Å². The molecule has 4 bridgehead atoms. The van der Waals surface area contributed by atoms with Gasteiger partial charge in [-0.3, -0.25) is 14.3 Å². The summed E-state index contributed by atoms with van der Waals surface area (Å²) in [5.41, 5.74) is 1.58. The van der Waals surface area contributed by atoms with E-state index in [2.05, 4.69) is 15.7 Å². The highest BCUT2D eigenvalue weighted by Crippen LogP contribution is 2.60. The van der Waals surface area contributed by atoms with Crippen molar-refractivity contribution in [3.63, 3.8) is 0 Å². The van der Waals surface area contributed by atoms with Crippen molar-refractivity contribution in [2.24, 2.45) is 23.2 Å². The third kappa shape index (κ3) is 4.39. The van der Waals surface area contributed by atoms with Gasteiger partial charge in [-0.15, -0.1) is 0 Å². The molecule has 1 heterocycles. The summed E-state index contributed by atoms with van der Waals surface area (Å²) in [5.74, 6) is 2.51. The van der Waals surface area contributed by atoms with Gasteiger partial charge in [0, 0.05) is 43.0 Å². The molecule has 1 aromatic heterocycles. The molecule has 1 aromatic carbocycles. The van der Waals surface area contributed by atoms with E-state index in [1.165, 1.54) is 19.3 Å². The van der Waals surface area contributed by atoms with Gasteiger partial charge in [0.2, 0.25) is 5.91 Å². The fourth-order valence-corrected chi connectivity index (χ4v) is 6.51. The van der Waals surface area contributed by atoms with Crippen molar-refractivity contribution in [3.8, 4) is 0 Å². The lowest BCUT2D eigenvalue weighted by atomic mass is 9.49. The number of hydrogen-bond acceptors (Lipinski definition) is 3. The number of hydrogen-bond donors (Lipinski definition) is 2. The minimum Gasteiger partial charge on any atom is -0.352 e. The Kier molecular flexibility index (Phi) is 5.55. The molecule has 2 aromatic rings. The molecule has 31 heavy (non-hydrogen) atoms. The molecule has 6 heteroatoms. The molecule has 2 amide bonds. The predicted octanol–water partition coefficient (Wildman–Crippen LogP) is 3.54. The molecule has 164 valence electrons. The van der Waals surface area contributed by atoms with Gasteiger partial charge in [0.25, 0.3) is 5.91 Å². The lowest BCUT2D eigenvalue weighted by Crippen LogP contribution is -2.53. The summed E-state index contributed by atoms with van der Waals surface area (Å²) in [6.45, 7) is 1.93. The van der Waals surface area contributed by atoms with E-state index in [-0.39, 0.29) is 17.2 Å². The molecule has 4 saturated carbocycles. The van der Waals surface area contributed by atoms with Crippen LogP contribution in [0.1, 0.15) is 60.9 Å². The zero-order valence-electron chi connectivity index (χ0n) is 18.1. The zero-order chi connectivity index (χ0) is 21.3. The number of rotatable bonds is 8. The van der Waals surface area contributed by atoms with Gasteiger partial charge in [-0.1, -0.05) is 12.1 Å². The number of nitrogens with one attached hydrogen (secondary N) is 2. The number of carbonyl (C=O) groups is 2. The maximum atomic E-state index is 13.1. The van der Waals surface area contributed by atoms with Gasteiger partial charge in [0.05, 0.1) is 0 Å². The van der Waals surface area contributed by atoms with Gasteiger partial charge < -0.3 is 10.6 Å². The normalized spacial score (nSPS) is 28.5. The van der Waals surface area contributed by atoms with Crippen LogP contribution in [0.2, 0.25) is 0 Å². The Bertz CT molecular complexity index is 884. The van der Waals surface area contributed by atoms with Crippen molar-refractivity contribution in [1.82, 2.24) is 20.4 Å². The maximum Gasteiger partial charge on any atom is 0.251 e. The topological polar surface area (TPSA) is 76.0 Å². The molecule has 0 spiro atoms. The molecule has 0 unspecified atom stereocenters. The van der Waals surface area contributed by atoms with Crippen molar-refractivity contribution in [3.05, 3.63) is 53.9 Å². The van der Waals surface area contributed by atoms with E-state index < -0.39 is 0 Å². The van der Waals surface area contributed by atoms with Crippen LogP contribution in [0.25, 0.3) is 0 Å². The van der Waals surface area contributed by atoms with Gasteiger partial charge in [-0.25, -0.2) is 0 Å². The number of aryl methyl sites for hydroxylation is 1. The highest BCUT2D eigenvalue weighted by molar-refractivity contribution is 5.94. The Balaban J connectivity index is 1.09. The van der Waals surface area contributed by atoms with Crippen molar-refractivity contribution in [2.45, 2.75) is 58.0 Å². The van der Waals surface area contributed by atoms with Crippen LogP contribution < -0.4 is 10.6 Å². The molecule has 6 nitrogen and oxygen atoms in total. The Morgan fingerprint density at radius 3 is 2.29 bits per heavy atom. The highest BCUT2D eigenvalue weighted by atomic mass is 16.2. The minimum absolute atomic E-state index is 0.0652. The molecular formula is C25H32N4O2. The van der Waals surface area contributed by atoms with Gasteiger partial charge in [0.1, 0.15) is 0 Å². The van der Waals surface area contributed by atoms with Crippen LogP contribution in [0.3, 0.4) is 0 Å². The fraction of sp³-hybridized carbons (Fsp3) is 0.560. The predicted molar refractivity (Wildman–Crippen MR) is 118 cm³/mol. The first-order valence-electron chi connectivity index (χ1n) is 11.7. The van der Waals surface area contributed by atoms with Gasteiger partial charge in [-0.05, 0) is 86.5 Å². The second kappa shape index (κ2) is 8.48. The highest BCUT2D eigenvalue weighted by Gasteiger charge is 2.54. The Hall–Kier alpha value is -2.63. The smallest absolute Gasteiger partial charge is 0.251 e. The molecular weight excluding hydrogens is 388 g/mol. The van der Waals surface area contributed by atoms with Gasteiger partial charge in [0.15, 0.2) is 0 Å². The van der Waals surface area contributed by atoms with Crippen LogP contribution >= 0.6 is 0 Å². The third-order valence-corrected chi connectivity index (χ3v) is 7.60. The van der Waals surface area contributed by atoms with Crippen molar-refractivity contribution < 1.29 is 9.59 Å². The van der Waals surface area contributed by atoms with Crippen LogP contribution in [0.5, 0.6) is 0 Å². The van der Waals surface area contributed by atoms with Crippen LogP contribution in [-0.2, 0) is 17.9 Å². The Morgan fingerprint density at radius 2 is 1.68 bits per heavy atom. The largest absolute Gasteiger partial charge is 0.352 e. The summed E-state index contributed by atoms with van der Waals surface area (Å²) in [7, 11) is 0. The number of amides is 2. The van der Waals surface area contributed by atoms with Crippen LogP contribution in [0.4, 0.5) is 0 Å². The number of nitrogens with zero attached hydrogens (tertiary/aromatic N) is 2. The fourth-order valence-electron chi connectivity index (χ4n) is 6.51. The van der Waals surface area contributed by atoms with Gasteiger partial charge >= 0.3 is 0 Å². The standard InChI is InChI=1S/C25H32N4O2/c30-23(26-7-1-9-29-10-2-8-28-29)22-5-3-18(4-6-22)17-27-24(31)25-14-19-11-20(15-25)13-21(12-19)16-25/h2-6,8,10,19-21H,1,7,9,11-17H2,(H,26,30)(H,27,31). The SMILES string of the molecule is O=C(NCCCn1cccn1)c1ccc(CNC(=O)C23CC4CC(CC(C4)C2)C3)cc1. The first-order chi connectivity index (χ1) is 15.1. The minimum atomic E-state index is -0.106. The summed E-state index contributed by atoms with van der Waals surface area (Å²) in [4.78, 5) is 25.4. The Morgan fingerprint density at radius 1 is 1.00 bits per heavy atom. The summed E-state index contributed by atoms with van der Waals surface area (Å²) < 4.78 is 1.86. The molecule has 4 fully saturated rings. The molecule has 0 radical (unpaired) electrons. The Labute approximate surface area is 183 Å². The van der Waals surface area contributed by atoms with E-state index in [1.54, 1.807) is 6.20 Å². The van der Waals surface area contributed by atoms with E-state index in [9.17, 15) is 9.59 Å². The lowest BCUT2D eigenvalue weighted by Gasteiger charge is -2.55. The van der Waals surface area contributed by atoms with E-state index >= 15 is 0 Å². The molecule has 2 N–H and O–H groups in total. The molecule has 0 saturated heterocycles. The average molecular weight is 421 g/mol. The average Bonchev–Trinajstić information content (AvgIpc) is 3.28. The zero-order valence-corrected chi connectivity index (χ0v) is 18.1. The molecule has 6 rings (SSSR count). The molecule has 4 aliphatic rings. The quantitative estimate of drug-likeness (QED) is 0.642. The summed E-state index contributed by atoms with van der Waals surface area (Å²) in [5, 5.41) is 10.3. The third-order valence-electron chi connectivity index (χ3n) is 7.60. The summed E-state index contributed by atoms with van der Waals surface area (Å²) >= 11 is 0. The van der Waals surface area contributed by atoms with Crippen LogP contribution in [0, 0.1) is 23.2 Å². The first kappa shape index (κ1) is 20.3. The molecule has 0 atom stereocenters. The van der Waals surface area contributed by atoms with Crippen molar-refractivity contribution in [2.75, 3.05) is 6.54 Å². The van der Waals surface area contributed by atoms with E-state index in [4.69, 9.17) is 0 Å². The first-order valence-corrected chi connectivity index (χ1v) is 11.7. The van der Waals surface area contributed by atoms with E-state index in [1.807, 2.05) is 41.2 Å². The van der Waals surface area contributed by atoms with Crippen LogP contribution in [0.15, 0.2) is 42.7 Å². The van der Waals surface area contributed by atoms with Gasteiger partial charge in [-0.2, -0.15) is 5.10 Å². The molecule has 0 aliphatic heterocycles. The summed E-state index contributed by atoms with van der Waals surface area (Å²) in [6, 6.07) is 9.47. The maximum absolute atomic E-state index is 13.1. The lowest BCUT2D eigenvalue weighted by molar-refractivity contribution is -0.146. The van der Waals surface area contributed by atoms with Crippen molar-refractivity contribution in [1.29, 1.82) is 0 Å². The second-order valence-electron chi connectivity index (χ2n) is 9.96. The van der Waals surface area contributed by atoms with Crippen LogP contribution in [-0.4, -0.2) is 28.1 Å². The molecule has 4 aliphatic carbocycles. The number of aromatic nitrogens is 2. The second-order valence-corrected chi connectivity index (χ2v) is 9.96. The number of benzene rings is 1. The van der Waals surface area contributed by atoms with E-state index in [0.29, 0.717) is 18.7 Å². The number of carbonyl (C=O) groups excluding carboxylic acids is 2.